The van der Waals surface area contributed by atoms with E-state index in [1.807, 2.05) is 18.2 Å². The summed E-state index contributed by atoms with van der Waals surface area (Å²) >= 11 is 0. The number of benzene rings is 2. The highest BCUT2D eigenvalue weighted by Crippen LogP contribution is 2.18. The lowest BCUT2D eigenvalue weighted by atomic mass is 10.1. The van der Waals surface area contributed by atoms with Crippen LogP contribution in [0.3, 0.4) is 0 Å². The number of H-pyrrole nitrogens is 1. The second-order valence-corrected chi connectivity index (χ2v) is 6.22. The van der Waals surface area contributed by atoms with Crippen LogP contribution >= 0.6 is 0 Å². The largest absolute Gasteiger partial charge is 0.385 e. The molecule has 1 amide bonds. The molecule has 3 aromatic rings. The van der Waals surface area contributed by atoms with Crippen molar-refractivity contribution in [2.45, 2.75) is 13.0 Å². The number of carbonyl (C=O) groups is 1. The van der Waals surface area contributed by atoms with E-state index in [1.54, 1.807) is 42.6 Å². The average molecular weight is 367 g/mol. The van der Waals surface area contributed by atoms with Gasteiger partial charge in [-0.3, -0.25) is 4.79 Å². The predicted octanol–water partition coefficient (Wildman–Crippen LogP) is 3.89. The van der Waals surface area contributed by atoms with Crippen LogP contribution in [0.4, 0.5) is 4.39 Å². The minimum Gasteiger partial charge on any atom is -0.385 e. The van der Waals surface area contributed by atoms with E-state index in [0.29, 0.717) is 31.1 Å². The Labute approximate surface area is 157 Å². The number of halogens is 1. The zero-order chi connectivity index (χ0) is 19.1. The van der Waals surface area contributed by atoms with Crippen LogP contribution in [0.25, 0.3) is 11.4 Å². The summed E-state index contributed by atoms with van der Waals surface area (Å²) in [6, 6.07) is 13.6. The second-order valence-electron chi connectivity index (χ2n) is 6.22. The van der Waals surface area contributed by atoms with Crippen molar-refractivity contribution >= 4 is 5.91 Å². The third-order valence-electron chi connectivity index (χ3n) is 4.23. The Kier molecular flexibility index (Phi) is 6.33. The monoisotopic (exact) mass is 367 g/mol. The van der Waals surface area contributed by atoms with Gasteiger partial charge in [0.1, 0.15) is 11.6 Å². The molecule has 0 radical (unpaired) electrons. The Morgan fingerprint density at radius 1 is 1.22 bits per heavy atom. The van der Waals surface area contributed by atoms with Gasteiger partial charge in [0.25, 0.3) is 5.91 Å². The first-order valence-corrected chi connectivity index (χ1v) is 8.80. The highest BCUT2D eigenvalue weighted by molar-refractivity contribution is 5.95. The van der Waals surface area contributed by atoms with Gasteiger partial charge < -0.3 is 14.6 Å². The predicted molar refractivity (Wildman–Crippen MR) is 102 cm³/mol. The van der Waals surface area contributed by atoms with Crippen LogP contribution in [0, 0.1) is 5.82 Å². The fraction of sp³-hybridized carbons (Fsp3) is 0.238. The van der Waals surface area contributed by atoms with Crippen molar-refractivity contribution in [3.05, 3.63) is 77.9 Å². The van der Waals surface area contributed by atoms with Crippen LogP contribution in [-0.2, 0) is 11.3 Å². The minimum absolute atomic E-state index is 0.0798. The van der Waals surface area contributed by atoms with Crippen molar-refractivity contribution < 1.29 is 13.9 Å². The number of methoxy groups -OCH3 is 1. The summed E-state index contributed by atoms with van der Waals surface area (Å²) < 4.78 is 18.3. The van der Waals surface area contributed by atoms with Crippen molar-refractivity contribution in [2.24, 2.45) is 0 Å². The van der Waals surface area contributed by atoms with Crippen molar-refractivity contribution in [1.29, 1.82) is 0 Å². The van der Waals surface area contributed by atoms with Gasteiger partial charge in [-0.2, -0.15) is 0 Å². The second kappa shape index (κ2) is 9.09. The van der Waals surface area contributed by atoms with Crippen molar-refractivity contribution in [2.75, 3.05) is 20.3 Å². The normalized spacial score (nSPS) is 10.7. The molecular weight excluding hydrogens is 345 g/mol. The van der Waals surface area contributed by atoms with Crippen LogP contribution < -0.4 is 0 Å². The lowest BCUT2D eigenvalue weighted by Gasteiger charge is -2.23. The summed E-state index contributed by atoms with van der Waals surface area (Å²) in [5.74, 6) is 0.347. The Bertz CT molecular complexity index is 863. The zero-order valence-corrected chi connectivity index (χ0v) is 15.2. The quantitative estimate of drug-likeness (QED) is 0.615. The third-order valence-corrected chi connectivity index (χ3v) is 4.23. The molecule has 0 unspecified atom stereocenters. The van der Waals surface area contributed by atoms with E-state index in [-0.39, 0.29) is 11.7 Å². The van der Waals surface area contributed by atoms with E-state index in [9.17, 15) is 9.18 Å². The molecule has 0 spiro atoms. The number of carbonyl (C=O) groups excluding carboxylic acids is 1. The smallest absolute Gasteiger partial charge is 0.254 e. The standard InChI is InChI=1S/C21H22FN3O2/c1-27-13-3-12-25(15-16-6-8-19(22)9-7-16)21(26)18-5-2-4-17(14-18)20-23-10-11-24-20/h2,4-11,14H,3,12-13,15H2,1H3,(H,23,24). The van der Waals surface area contributed by atoms with Gasteiger partial charge in [-0.15, -0.1) is 0 Å². The summed E-state index contributed by atoms with van der Waals surface area (Å²) in [6.45, 7) is 1.53. The molecule has 2 aromatic carbocycles. The molecule has 140 valence electrons. The summed E-state index contributed by atoms with van der Waals surface area (Å²) in [7, 11) is 1.64. The third kappa shape index (κ3) is 5.01. The number of nitrogens with zero attached hydrogens (tertiary/aromatic N) is 2. The molecule has 5 nitrogen and oxygen atoms in total. The first kappa shape index (κ1) is 18.8. The number of nitrogens with one attached hydrogen (secondary N) is 1. The Balaban J connectivity index is 1.81. The Morgan fingerprint density at radius 3 is 2.74 bits per heavy atom. The molecule has 0 atom stereocenters. The van der Waals surface area contributed by atoms with Gasteiger partial charge in [-0.1, -0.05) is 24.3 Å². The van der Waals surface area contributed by atoms with Gasteiger partial charge in [-0.05, 0) is 36.2 Å². The fourth-order valence-electron chi connectivity index (χ4n) is 2.87. The van der Waals surface area contributed by atoms with E-state index in [1.165, 1.54) is 12.1 Å². The summed E-state index contributed by atoms with van der Waals surface area (Å²) in [5.41, 5.74) is 2.32. The number of ether oxygens (including phenoxy) is 1. The topological polar surface area (TPSA) is 58.2 Å². The van der Waals surface area contributed by atoms with E-state index in [4.69, 9.17) is 4.74 Å². The lowest BCUT2D eigenvalue weighted by molar-refractivity contribution is 0.0723. The highest BCUT2D eigenvalue weighted by atomic mass is 19.1. The van der Waals surface area contributed by atoms with Gasteiger partial charge in [0.2, 0.25) is 0 Å². The number of aromatic nitrogens is 2. The number of aromatic amines is 1. The molecule has 0 fully saturated rings. The summed E-state index contributed by atoms with van der Waals surface area (Å²) in [6.07, 6.45) is 4.14. The van der Waals surface area contributed by atoms with Crippen LogP contribution in [-0.4, -0.2) is 41.0 Å². The summed E-state index contributed by atoms with van der Waals surface area (Å²) in [4.78, 5) is 22.2. The fourth-order valence-corrected chi connectivity index (χ4v) is 2.87. The molecule has 1 aromatic heterocycles. The number of hydrogen-bond acceptors (Lipinski definition) is 3. The van der Waals surface area contributed by atoms with Crippen molar-refractivity contribution in [1.82, 2.24) is 14.9 Å². The van der Waals surface area contributed by atoms with Crippen LogP contribution in [0.1, 0.15) is 22.3 Å². The average Bonchev–Trinajstić information content (AvgIpc) is 3.23. The maximum absolute atomic E-state index is 13.2. The highest BCUT2D eigenvalue weighted by Gasteiger charge is 2.17. The van der Waals surface area contributed by atoms with Crippen molar-refractivity contribution in [3.63, 3.8) is 0 Å². The summed E-state index contributed by atoms with van der Waals surface area (Å²) in [5, 5.41) is 0. The molecule has 0 saturated carbocycles. The van der Waals surface area contributed by atoms with E-state index in [0.717, 1.165) is 17.5 Å². The van der Waals surface area contributed by atoms with Crippen LogP contribution in [0.15, 0.2) is 60.9 Å². The maximum atomic E-state index is 13.2. The van der Waals surface area contributed by atoms with Gasteiger partial charge >= 0.3 is 0 Å². The van der Waals surface area contributed by atoms with E-state index >= 15 is 0 Å². The number of amides is 1. The molecule has 1 heterocycles. The first-order chi connectivity index (χ1) is 13.2. The van der Waals surface area contributed by atoms with Gasteiger partial charge in [0.05, 0.1) is 0 Å². The SMILES string of the molecule is COCCCN(Cc1ccc(F)cc1)C(=O)c1cccc(-c2ncc[nH]2)c1. The van der Waals surface area contributed by atoms with Crippen molar-refractivity contribution in [3.8, 4) is 11.4 Å². The molecule has 6 heteroatoms. The number of imidazole rings is 1. The maximum Gasteiger partial charge on any atom is 0.254 e. The van der Waals surface area contributed by atoms with E-state index in [2.05, 4.69) is 9.97 Å². The molecule has 1 N–H and O–H groups in total. The van der Waals surface area contributed by atoms with Crippen LogP contribution in [0.5, 0.6) is 0 Å². The van der Waals surface area contributed by atoms with E-state index < -0.39 is 0 Å². The minimum atomic E-state index is -0.290. The van der Waals surface area contributed by atoms with Gasteiger partial charge in [-0.25, -0.2) is 9.37 Å². The molecule has 0 aliphatic rings. The zero-order valence-electron chi connectivity index (χ0n) is 15.2. The lowest BCUT2D eigenvalue weighted by Crippen LogP contribution is -2.32. The molecule has 0 aliphatic heterocycles. The molecule has 27 heavy (non-hydrogen) atoms. The van der Waals surface area contributed by atoms with Gasteiger partial charge in [0.15, 0.2) is 0 Å². The molecule has 3 rings (SSSR count). The Morgan fingerprint density at radius 2 is 2.04 bits per heavy atom. The number of rotatable bonds is 8. The van der Waals surface area contributed by atoms with Crippen LogP contribution in [0.2, 0.25) is 0 Å². The molecule has 0 aliphatic carbocycles. The first-order valence-electron chi connectivity index (χ1n) is 8.80. The van der Waals surface area contributed by atoms with Gasteiger partial charge in [0, 0.05) is 50.3 Å². The number of hydrogen-bond donors (Lipinski definition) is 1. The molecule has 0 saturated heterocycles. The molecular formula is C21H22FN3O2. The molecule has 0 bridgehead atoms. The Hall–Kier alpha value is -2.99.